The molecule has 0 heterocycles. The van der Waals surface area contributed by atoms with E-state index < -0.39 is 0 Å². The molecule has 0 unspecified atom stereocenters. The Labute approximate surface area is 205 Å². The lowest BCUT2D eigenvalue weighted by Gasteiger charge is -2.09. The number of unbranched alkanes of at least 4 members (excludes halogenated alkanes) is 7. The van der Waals surface area contributed by atoms with Gasteiger partial charge in [0.05, 0.1) is 24.5 Å². The van der Waals surface area contributed by atoms with Gasteiger partial charge in [0, 0.05) is 17.8 Å². The fourth-order valence-corrected chi connectivity index (χ4v) is 3.40. The number of carbonyl (C=O) groups excluding carboxylic acids is 1. The van der Waals surface area contributed by atoms with Gasteiger partial charge in [-0.05, 0) is 48.7 Å². The summed E-state index contributed by atoms with van der Waals surface area (Å²) in [6.45, 7) is 7.45. The van der Waals surface area contributed by atoms with Crippen LogP contribution < -0.4 is 4.74 Å². The van der Waals surface area contributed by atoms with E-state index in [-0.39, 0.29) is 11.7 Å². The number of ether oxygens (including phenoxy) is 2. The fraction of sp³-hybridized carbons (Fsp3) is 0.517. The van der Waals surface area contributed by atoms with E-state index in [1.807, 2.05) is 6.07 Å². The van der Waals surface area contributed by atoms with Crippen molar-refractivity contribution in [3.8, 4) is 11.5 Å². The Morgan fingerprint density at radius 3 is 2.29 bits per heavy atom. The van der Waals surface area contributed by atoms with Crippen molar-refractivity contribution >= 4 is 17.9 Å². The fourth-order valence-electron chi connectivity index (χ4n) is 3.40. The zero-order valence-electron chi connectivity index (χ0n) is 21.1. The van der Waals surface area contributed by atoms with Crippen LogP contribution in [0, 0.1) is 5.92 Å². The molecule has 1 atom stereocenters. The van der Waals surface area contributed by atoms with Gasteiger partial charge in [-0.2, -0.15) is 0 Å². The van der Waals surface area contributed by atoms with E-state index in [4.69, 9.17) is 9.47 Å². The number of carbonyl (C=O) groups is 1. The third kappa shape index (κ3) is 10.4. The number of esters is 1. The number of benzene rings is 2. The molecule has 0 spiro atoms. The molecule has 5 heteroatoms. The van der Waals surface area contributed by atoms with E-state index in [1.165, 1.54) is 44.9 Å². The molecule has 0 fully saturated rings. The summed E-state index contributed by atoms with van der Waals surface area (Å²) in [6.07, 6.45) is 12.7. The van der Waals surface area contributed by atoms with Crippen LogP contribution in [0.2, 0.25) is 0 Å². The van der Waals surface area contributed by atoms with Gasteiger partial charge in [0.15, 0.2) is 0 Å². The van der Waals surface area contributed by atoms with E-state index in [0.717, 1.165) is 12.8 Å². The number of hydrogen-bond donors (Lipinski definition) is 1. The van der Waals surface area contributed by atoms with Crippen molar-refractivity contribution in [1.29, 1.82) is 0 Å². The first-order valence-corrected chi connectivity index (χ1v) is 12.8. The van der Waals surface area contributed by atoms with Crippen LogP contribution in [0.15, 0.2) is 47.5 Å². The normalized spacial score (nSPS) is 12.1. The quantitative estimate of drug-likeness (QED) is 0.155. The van der Waals surface area contributed by atoms with Gasteiger partial charge < -0.3 is 14.6 Å². The van der Waals surface area contributed by atoms with Crippen molar-refractivity contribution in [2.45, 2.75) is 78.6 Å². The molecule has 0 aliphatic rings. The number of aliphatic imine (C=N–C) groups is 1. The molecule has 2 aromatic rings. The first-order chi connectivity index (χ1) is 16.5. The van der Waals surface area contributed by atoms with Gasteiger partial charge in [0.25, 0.3) is 0 Å². The molecule has 186 valence electrons. The smallest absolute Gasteiger partial charge is 0.338 e. The molecule has 34 heavy (non-hydrogen) atoms. The van der Waals surface area contributed by atoms with Crippen molar-refractivity contribution in [2.75, 3.05) is 13.2 Å². The molecule has 0 bridgehead atoms. The largest absolute Gasteiger partial charge is 0.507 e. The summed E-state index contributed by atoms with van der Waals surface area (Å²) in [4.78, 5) is 16.5. The Morgan fingerprint density at radius 2 is 1.65 bits per heavy atom. The standard InChI is InChI=1S/C29H41NO4/c1-4-6-7-8-9-10-11-12-19-33-27-18-15-25(28(31)20-27)21-30-26-16-13-24(14-17-26)29(32)34-22-23(3)5-2/h13-18,20-21,23,31H,4-12,19,22H2,1-3H3/t23-/m0/s1. The Kier molecular flexibility index (Phi) is 12.8. The zero-order chi connectivity index (χ0) is 24.6. The lowest BCUT2D eigenvalue weighted by atomic mass is 10.1. The minimum Gasteiger partial charge on any atom is -0.507 e. The molecule has 0 saturated carbocycles. The molecule has 0 saturated heterocycles. The van der Waals surface area contributed by atoms with E-state index in [2.05, 4.69) is 25.8 Å². The van der Waals surface area contributed by atoms with Gasteiger partial charge >= 0.3 is 5.97 Å². The van der Waals surface area contributed by atoms with Gasteiger partial charge in [-0.25, -0.2) is 4.79 Å². The summed E-state index contributed by atoms with van der Waals surface area (Å²) in [7, 11) is 0. The maximum Gasteiger partial charge on any atom is 0.338 e. The lowest BCUT2D eigenvalue weighted by molar-refractivity contribution is 0.0447. The van der Waals surface area contributed by atoms with Crippen LogP contribution >= 0.6 is 0 Å². The second-order valence-electron chi connectivity index (χ2n) is 8.96. The summed E-state index contributed by atoms with van der Waals surface area (Å²) < 4.78 is 11.1. The molecule has 0 aliphatic heterocycles. The van der Waals surface area contributed by atoms with Crippen LogP contribution in [0.1, 0.15) is 94.5 Å². The monoisotopic (exact) mass is 467 g/mol. The van der Waals surface area contributed by atoms with Gasteiger partial charge in [-0.1, -0.05) is 72.1 Å². The summed E-state index contributed by atoms with van der Waals surface area (Å²) in [5.74, 6) is 0.818. The summed E-state index contributed by atoms with van der Waals surface area (Å²) in [5.41, 5.74) is 1.80. The molecule has 0 aromatic heterocycles. The second kappa shape index (κ2) is 15.9. The Hall–Kier alpha value is -2.82. The van der Waals surface area contributed by atoms with Crippen molar-refractivity contribution in [1.82, 2.24) is 0 Å². The van der Waals surface area contributed by atoms with Gasteiger partial charge in [0.1, 0.15) is 11.5 Å². The molecule has 0 radical (unpaired) electrons. The highest BCUT2D eigenvalue weighted by molar-refractivity contribution is 5.90. The number of aromatic hydroxyl groups is 1. The Balaban J connectivity index is 1.76. The molecular formula is C29H41NO4. The first kappa shape index (κ1) is 27.4. The third-order valence-electron chi connectivity index (χ3n) is 5.92. The summed E-state index contributed by atoms with van der Waals surface area (Å²) >= 11 is 0. The van der Waals surface area contributed by atoms with Crippen molar-refractivity contribution in [3.63, 3.8) is 0 Å². The van der Waals surface area contributed by atoms with E-state index in [1.54, 1.807) is 42.6 Å². The van der Waals surface area contributed by atoms with Crippen LogP contribution in [-0.4, -0.2) is 30.5 Å². The molecule has 2 aromatic carbocycles. The maximum atomic E-state index is 12.1. The van der Waals surface area contributed by atoms with E-state index in [0.29, 0.717) is 41.7 Å². The van der Waals surface area contributed by atoms with Gasteiger partial charge in [-0.3, -0.25) is 4.99 Å². The second-order valence-corrected chi connectivity index (χ2v) is 8.96. The number of phenolic OH excluding ortho intramolecular Hbond substituents is 1. The van der Waals surface area contributed by atoms with Crippen LogP contribution in [0.4, 0.5) is 5.69 Å². The maximum absolute atomic E-state index is 12.1. The number of hydrogen-bond acceptors (Lipinski definition) is 5. The summed E-state index contributed by atoms with van der Waals surface area (Å²) in [5, 5.41) is 10.3. The van der Waals surface area contributed by atoms with Crippen LogP contribution in [0.5, 0.6) is 11.5 Å². The van der Waals surface area contributed by atoms with Crippen LogP contribution in [0.25, 0.3) is 0 Å². The molecule has 0 amide bonds. The highest BCUT2D eigenvalue weighted by atomic mass is 16.5. The predicted octanol–water partition coefficient (Wildman–Crippen LogP) is 7.87. The predicted molar refractivity (Wildman–Crippen MR) is 140 cm³/mol. The number of phenols is 1. The lowest BCUT2D eigenvalue weighted by Crippen LogP contribution is -2.11. The minimum atomic E-state index is -0.323. The Bertz CT molecular complexity index is 876. The molecule has 5 nitrogen and oxygen atoms in total. The molecule has 1 N–H and O–H groups in total. The minimum absolute atomic E-state index is 0.127. The number of nitrogens with zero attached hydrogens (tertiary/aromatic N) is 1. The topological polar surface area (TPSA) is 68.1 Å². The van der Waals surface area contributed by atoms with Crippen LogP contribution in [-0.2, 0) is 4.74 Å². The first-order valence-electron chi connectivity index (χ1n) is 12.8. The van der Waals surface area contributed by atoms with Gasteiger partial charge in [0.2, 0.25) is 0 Å². The highest BCUT2D eigenvalue weighted by Crippen LogP contribution is 2.24. The average Bonchev–Trinajstić information content (AvgIpc) is 2.85. The number of rotatable bonds is 16. The van der Waals surface area contributed by atoms with E-state index in [9.17, 15) is 9.90 Å². The zero-order valence-corrected chi connectivity index (χ0v) is 21.1. The van der Waals surface area contributed by atoms with Crippen molar-refractivity contribution < 1.29 is 19.4 Å². The van der Waals surface area contributed by atoms with Crippen molar-refractivity contribution in [2.24, 2.45) is 10.9 Å². The van der Waals surface area contributed by atoms with Crippen molar-refractivity contribution in [3.05, 3.63) is 53.6 Å². The third-order valence-corrected chi connectivity index (χ3v) is 5.92. The van der Waals surface area contributed by atoms with E-state index >= 15 is 0 Å². The highest BCUT2D eigenvalue weighted by Gasteiger charge is 2.09. The SMILES string of the molecule is CCCCCCCCCCOc1ccc(C=Nc2ccc(C(=O)OC[C@@H](C)CC)cc2)c(O)c1. The summed E-state index contributed by atoms with van der Waals surface area (Å²) in [6, 6.07) is 12.2. The Morgan fingerprint density at radius 1 is 0.971 bits per heavy atom. The average molecular weight is 468 g/mol. The molecule has 2 rings (SSSR count). The van der Waals surface area contributed by atoms with Gasteiger partial charge in [-0.15, -0.1) is 0 Å². The molecule has 0 aliphatic carbocycles. The van der Waals surface area contributed by atoms with Crippen LogP contribution in [0.3, 0.4) is 0 Å². The molecular weight excluding hydrogens is 426 g/mol.